The first-order valence-electron chi connectivity index (χ1n) is 6.51. The Balaban J connectivity index is 2.04. The molecule has 0 bridgehead atoms. The van der Waals surface area contributed by atoms with E-state index < -0.39 is 0 Å². The van der Waals surface area contributed by atoms with Crippen LogP contribution in [0.4, 0.5) is 0 Å². The van der Waals surface area contributed by atoms with Crippen LogP contribution in [0.5, 0.6) is 0 Å². The highest BCUT2D eigenvalue weighted by atomic mass is 79.9. The van der Waals surface area contributed by atoms with Gasteiger partial charge in [-0.2, -0.15) is 0 Å². The predicted octanol–water partition coefficient (Wildman–Crippen LogP) is 4.52. The lowest BCUT2D eigenvalue weighted by molar-refractivity contribution is 0.0862. The third kappa shape index (κ3) is 3.78. The van der Waals surface area contributed by atoms with E-state index in [-0.39, 0.29) is 11.8 Å². The third-order valence-electron chi connectivity index (χ3n) is 3.43. The molecule has 2 nitrogen and oxygen atoms in total. The van der Waals surface area contributed by atoms with Gasteiger partial charge < -0.3 is 0 Å². The number of benzene rings is 1. The van der Waals surface area contributed by atoms with Crippen molar-refractivity contribution in [3.8, 4) is 0 Å². The summed E-state index contributed by atoms with van der Waals surface area (Å²) in [4.78, 5) is 14.5. The second-order valence-electron chi connectivity index (χ2n) is 5.08. The fourth-order valence-electron chi connectivity index (χ4n) is 2.01. The van der Waals surface area contributed by atoms with E-state index in [0.717, 1.165) is 15.9 Å². The molecule has 0 saturated heterocycles. The molecule has 1 unspecified atom stereocenters. The van der Waals surface area contributed by atoms with Crippen molar-refractivity contribution >= 4 is 33.0 Å². The highest BCUT2D eigenvalue weighted by Crippen LogP contribution is 2.22. The van der Waals surface area contributed by atoms with Gasteiger partial charge in [0.15, 0.2) is 5.78 Å². The number of thiophene rings is 1. The molecule has 4 heteroatoms. The average molecular weight is 352 g/mol. The molecular weight excluding hydrogens is 334 g/mol. The number of likely N-dealkylation sites (N-methyl/N-ethyl adjacent to an activating group) is 1. The quantitative estimate of drug-likeness (QED) is 0.738. The number of aryl methyl sites for hydroxylation is 1. The molecule has 0 spiro atoms. The molecule has 2 aromatic rings. The minimum atomic E-state index is -0.128. The number of nitrogens with zero attached hydrogens (tertiary/aromatic N) is 1. The maximum Gasteiger partial charge on any atom is 0.179 e. The highest BCUT2D eigenvalue weighted by molar-refractivity contribution is 9.11. The summed E-state index contributed by atoms with van der Waals surface area (Å²) in [5, 5.41) is 2.11. The van der Waals surface area contributed by atoms with Gasteiger partial charge in [0.25, 0.3) is 0 Å². The summed E-state index contributed by atoms with van der Waals surface area (Å²) in [5.74, 6) is 0.168. The number of ketones is 1. The van der Waals surface area contributed by atoms with Gasteiger partial charge in [-0.1, -0.05) is 29.8 Å². The minimum Gasteiger partial charge on any atom is -0.292 e. The Hall–Kier alpha value is -0.970. The van der Waals surface area contributed by atoms with Crippen molar-refractivity contribution in [3.05, 3.63) is 56.2 Å². The molecule has 0 N–H and O–H groups in total. The van der Waals surface area contributed by atoms with Gasteiger partial charge in [0.1, 0.15) is 0 Å². The first-order chi connectivity index (χ1) is 9.47. The summed E-state index contributed by atoms with van der Waals surface area (Å²) in [6, 6.07) is 9.75. The van der Waals surface area contributed by atoms with Crippen molar-refractivity contribution < 1.29 is 4.79 Å². The zero-order valence-electron chi connectivity index (χ0n) is 11.9. The standard InChI is InChI=1S/C16H18BrNOS/c1-11-4-6-14(7-5-11)16(19)12(2)18(3)9-13-8-15(17)20-10-13/h4-8,10,12H,9H2,1-3H3. The molecule has 0 aliphatic rings. The van der Waals surface area contributed by atoms with Crippen LogP contribution in [0.3, 0.4) is 0 Å². The smallest absolute Gasteiger partial charge is 0.179 e. The molecule has 0 radical (unpaired) electrons. The second kappa shape index (κ2) is 6.66. The van der Waals surface area contributed by atoms with Crippen molar-refractivity contribution in [2.45, 2.75) is 26.4 Å². The van der Waals surface area contributed by atoms with Gasteiger partial charge in [-0.15, -0.1) is 11.3 Å². The van der Waals surface area contributed by atoms with Gasteiger partial charge in [-0.3, -0.25) is 9.69 Å². The number of hydrogen-bond donors (Lipinski definition) is 0. The van der Waals surface area contributed by atoms with Crippen LogP contribution >= 0.6 is 27.3 Å². The Morgan fingerprint density at radius 3 is 2.55 bits per heavy atom. The van der Waals surface area contributed by atoms with Crippen LogP contribution in [0.2, 0.25) is 0 Å². The van der Waals surface area contributed by atoms with E-state index in [1.165, 1.54) is 11.1 Å². The van der Waals surface area contributed by atoms with Crippen LogP contribution in [0.15, 0.2) is 39.5 Å². The van der Waals surface area contributed by atoms with E-state index >= 15 is 0 Å². The molecular formula is C16H18BrNOS. The Bertz CT molecular complexity index is 591. The van der Waals surface area contributed by atoms with Gasteiger partial charge in [0.2, 0.25) is 0 Å². The molecule has 1 aromatic heterocycles. The van der Waals surface area contributed by atoms with Crippen molar-refractivity contribution in [1.82, 2.24) is 4.90 Å². The summed E-state index contributed by atoms with van der Waals surface area (Å²) in [6.45, 7) is 4.77. The summed E-state index contributed by atoms with van der Waals surface area (Å²) in [7, 11) is 1.99. The lowest BCUT2D eigenvalue weighted by Crippen LogP contribution is -2.35. The molecule has 106 valence electrons. The lowest BCUT2D eigenvalue weighted by atomic mass is 10.0. The molecule has 1 atom stereocenters. The molecule has 0 aliphatic carbocycles. The Kier molecular flexibility index (Phi) is 5.13. The fraction of sp³-hybridized carbons (Fsp3) is 0.312. The van der Waals surface area contributed by atoms with Gasteiger partial charge in [-0.05, 0) is 53.8 Å². The van der Waals surface area contributed by atoms with E-state index in [1.54, 1.807) is 11.3 Å². The van der Waals surface area contributed by atoms with Crippen molar-refractivity contribution in [1.29, 1.82) is 0 Å². The van der Waals surface area contributed by atoms with E-state index in [2.05, 4.69) is 32.3 Å². The Morgan fingerprint density at radius 2 is 2.00 bits per heavy atom. The molecule has 2 rings (SSSR count). The zero-order valence-corrected chi connectivity index (χ0v) is 14.3. The predicted molar refractivity (Wildman–Crippen MR) is 88.5 cm³/mol. The first-order valence-corrected chi connectivity index (χ1v) is 8.18. The maximum atomic E-state index is 12.4. The minimum absolute atomic E-state index is 0.128. The third-order valence-corrected chi connectivity index (χ3v) is 4.98. The molecule has 20 heavy (non-hydrogen) atoms. The SMILES string of the molecule is Cc1ccc(C(=O)C(C)N(C)Cc2csc(Br)c2)cc1. The normalized spacial score (nSPS) is 12.7. The fourth-order valence-corrected chi connectivity index (χ4v) is 3.21. The van der Waals surface area contributed by atoms with Crippen molar-refractivity contribution in [3.63, 3.8) is 0 Å². The number of hydrogen-bond acceptors (Lipinski definition) is 3. The number of Topliss-reactive ketones (excluding diaryl/α,β-unsaturated/α-hetero) is 1. The summed E-state index contributed by atoms with van der Waals surface area (Å²) < 4.78 is 1.12. The van der Waals surface area contributed by atoms with E-state index in [0.29, 0.717) is 0 Å². The topological polar surface area (TPSA) is 20.3 Å². The van der Waals surface area contributed by atoms with Crippen LogP contribution in [-0.2, 0) is 6.54 Å². The van der Waals surface area contributed by atoms with Crippen LogP contribution in [-0.4, -0.2) is 23.8 Å². The molecule has 0 aliphatic heterocycles. The molecule has 0 saturated carbocycles. The Morgan fingerprint density at radius 1 is 1.35 bits per heavy atom. The van der Waals surface area contributed by atoms with Crippen LogP contribution in [0.25, 0.3) is 0 Å². The average Bonchev–Trinajstić information content (AvgIpc) is 2.83. The first kappa shape index (κ1) is 15.4. The number of rotatable bonds is 5. The largest absolute Gasteiger partial charge is 0.292 e. The van der Waals surface area contributed by atoms with Gasteiger partial charge in [0.05, 0.1) is 9.83 Å². The lowest BCUT2D eigenvalue weighted by Gasteiger charge is -2.23. The van der Waals surface area contributed by atoms with Crippen molar-refractivity contribution in [2.24, 2.45) is 0 Å². The molecule has 0 amide bonds. The maximum absolute atomic E-state index is 12.4. The zero-order chi connectivity index (χ0) is 14.7. The number of carbonyl (C=O) groups excluding carboxylic acids is 1. The van der Waals surface area contributed by atoms with E-state index in [9.17, 15) is 4.79 Å². The summed E-state index contributed by atoms with van der Waals surface area (Å²) in [5.41, 5.74) is 3.18. The van der Waals surface area contributed by atoms with Crippen LogP contribution in [0.1, 0.15) is 28.4 Å². The monoisotopic (exact) mass is 351 g/mol. The van der Waals surface area contributed by atoms with Crippen molar-refractivity contribution in [2.75, 3.05) is 7.05 Å². The molecule has 1 heterocycles. The number of carbonyl (C=O) groups is 1. The van der Waals surface area contributed by atoms with E-state index in [4.69, 9.17) is 0 Å². The summed E-state index contributed by atoms with van der Waals surface area (Å²) >= 11 is 5.13. The second-order valence-corrected chi connectivity index (χ2v) is 7.37. The van der Waals surface area contributed by atoms with Gasteiger partial charge >= 0.3 is 0 Å². The van der Waals surface area contributed by atoms with Crippen LogP contribution in [0, 0.1) is 6.92 Å². The Labute approximate surface area is 132 Å². The van der Waals surface area contributed by atoms with Gasteiger partial charge in [-0.25, -0.2) is 0 Å². The van der Waals surface area contributed by atoms with Gasteiger partial charge in [0, 0.05) is 12.1 Å². The summed E-state index contributed by atoms with van der Waals surface area (Å²) in [6.07, 6.45) is 0. The molecule has 0 fully saturated rings. The number of halogens is 1. The van der Waals surface area contributed by atoms with E-state index in [1.807, 2.05) is 45.2 Å². The highest BCUT2D eigenvalue weighted by Gasteiger charge is 2.19. The molecule has 1 aromatic carbocycles. The van der Waals surface area contributed by atoms with Crippen LogP contribution < -0.4 is 0 Å².